The second-order valence-corrected chi connectivity index (χ2v) is 7.85. The summed E-state index contributed by atoms with van der Waals surface area (Å²) in [6.45, 7) is 5.71. The smallest absolute Gasteiger partial charge is 0.243 e. The fourth-order valence-corrected chi connectivity index (χ4v) is 4.48. The molecule has 1 heterocycles. The molecule has 0 amide bonds. The highest BCUT2D eigenvalue weighted by atomic mass is 35.5. The lowest BCUT2D eigenvalue weighted by atomic mass is 9.94. The first-order chi connectivity index (χ1) is 10.5. The van der Waals surface area contributed by atoms with E-state index in [2.05, 4.69) is 6.92 Å². The third-order valence-electron chi connectivity index (χ3n) is 4.10. The minimum Gasteiger partial charge on any atom is -0.494 e. The third kappa shape index (κ3) is 4.83. The summed E-state index contributed by atoms with van der Waals surface area (Å²) >= 11 is 0. The molecular formula is C16H27ClN2O3S. The molecule has 7 heteroatoms. The molecule has 1 saturated heterocycles. The van der Waals surface area contributed by atoms with Crippen molar-refractivity contribution in [3.8, 4) is 5.75 Å². The minimum absolute atomic E-state index is 0. The molecule has 2 unspecified atom stereocenters. The molecule has 0 aromatic heterocycles. The van der Waals surface area contributed by atoms with Crippen LogP contribution in [0, 0.1) is 5.92 Å². The Kier molecular flexibility index (Phi) is 7.80. The molecule has 1 aromatic carbocycles. The molecule has 0 spiro atoms. The number of ether oxygens (including phenoxy) is 1. The van der Waals surface area contributed by atoms with Crippen molar-refractivity contribution in [2.24, 2.45) is 11.7 Å². The summed E-state index contributed by atoms with van der Waals surface area (Å²) in [6.07, 6.45) is 2.63. The van der Waals surface area contributed by atoms with Gasteiger partial charge in [0.1, 0.15) is 5.75 Å². The summed E-state index contributed by atoms with van der Waals surface area (Å²) in [4.78, 5) is 0.310. The van der Waals surface area contributed by atoms with Crippen molar-refractivity contribution in [2.75, 3.05) is 19.7 Å². The van der Waals surface area contributed by atoms with Crippen molar-refractivity contribution in [2.45, 2.75) is 44.0 Å². The number of nitrogens with two attached hydrogens (primary N) is 1. The van der Waals surface area contributed by atoms with Crippen molar-refractivity contribution in [1.29, 1.82) is 0 Å². The summed E-state index contributed by atoms with van der Waals surface area (Å²) in [7, 11) is -3.49. The van der Waals surface area contributed by atoms with Gasteiger partial charge in [0.2, 0.25) is 10.0 Å². The zero-order chi connectivity index (χ0) is 16.2. The van der Waals surface area contributed by atoms with E-state index in [1.54, 1.807) is 28.6 Å². The number of sulfonamides is 1. The normalized spacial score (nSPS) is 22.4. The van der Waals surface area contributed by atoms with Gasteiger partial charge >= 0.3 is 0 Å². The fourth-order valence-electron chi connectivity index (χ4n) is 2.82. The molecule has 0 radical (unpaired) electrons. The Hall–Kier alpha value is -0.820. The van der Waals surface area contributed by atoms with Crippen LogP contribution in [-0.4, -0.2) is 38.5 Å². The first kappa shape index (κ1) is 20.2. The molecule has 23 heavy (non-hydrogen) atoms. The van der Waals surface area contributed by atoms with Gasteiger partial charge < -0.3 is 10.5 Å². The van der Waals surface area contributed by atoms with E-state index in [0.29, 0.717) is 36.3 Å². The zero-order valence-corrected chi connectivity index (χ0v) is 15.4. The second kappa shape index (κ2) is 8.87. The maximum absolute atomic E-state index is 12.8. The first-order valence-electron chi connectivity index (χ1n) is 7.93. The van der Waals surface area contributed by atoms with Gasteiger partial charge in [0.05, 0.1) is 11.5 Å². The number of nitrogens with zero attached hydrogens (tertiary/aromatic N) is 1. The van der Waals surface area contributed by atoms with E-state index in [1.807, 2.05) is 6.92 Å². The molecule has 1 fully saturated rings. The highest BCUT2D eigenvalue weighted by Crippen LogP contribution is 2.28. The molecule has 0 aliphatic carbocycles. The van der Waals surface area contributed by atoms with E-state index >= 15 is 0 Å². The van der Waals surface area contributed by atoms with Gasteiger partial charge in [0.25, 0.3) is 0 Å². The number of piperidine rings is 1. The molecule has 2 atom stereocenters. The van der Waals surface area contributed by atoms with Gasteiger partial charge in [0.15, 0.2) is 0 Å². The van der Waals surface area contributed by atoms with Crippen LogP contribution in [0.4, 0.5) is 0 Å². The van der Waals surface area contributed by atoms with E-state index in [1.165, 1.54) is 0 Å². The molecular weight excluding hydrogens is 336 g/mol. The SMILES string of the molecule is CCCOc1ccc(S(=O)(=O)N2CCC(C)CC2CN)cc1.Cl. The summed E-state index contributed by atoms with van der Waals surface area (Å²) in [5.74, 6) is 1.22. The van der Waals surface area contributed by atoms with Crippen LogP contribution >= 0.6 is 12.4 Å². The van der Waals surface area contributed by atoms with Crippen LogP contribution in [0.2, 0.25) is 0 Å². The number of halogens is 1. The third-order valence-corrected chi connectivity index (χ3v) is 6.07. The Morgan fingerprint density at radius 1 is 1.30 bits per heavy atom. The maximum atomic E-state index is 12.8. The van der Waals surface area contributed by atoms with Crippen LogP contribution in [-0.2, 0) is 10.0 Å². The van der Waals surface area contributed by atoms with E-state index in [9.17, 15) is 8.42 Å². The molecule has 2 N–H and O–H groups in total. The Morgan fingerprint density at radius 3 is 2.52 bits per heavy atom. The molecule has 1 aromatic rings. The Balaban J connectivity index is 0.00000264. The average Bonchev–Trinajstić information content (AvgIpc) is 2.52. The van der Waals surface area contributed by atoms with E-state index in [4.69, 9.17) is 10.5 Å². The highest BCUT2D eigenvalue weighted by Gasteiger charge is 2.34. The Bertz CT molecular complexity index is 577. The second-order valence-electron chi connectivity index (χ2n) is 5.95. The van der Waals surface area contributed by atoms with E-state index in [-0.39, 0.29) is 18.4 Å². The molecule has 132 valence electrons. The number of hydrogen-bond acceptors (Lipinski definition) is 4. The first-order valence-corrected chi connectivity index (χ1v) is 9.37. The standard InChI is InChI=1S/C16H26N2O3S.ClH/c1-3-10-21-15-4-6-16(7-5-15)22(19,20)18-9-8-13(2)11-14(18)12-17;/h4-7,13-14H,3,8-12,17H2,1-2H3;1H. The van der Waals surface area contributed by atoms with Gasteiger partial charge in [-0.1, -0.05) is 13.8 Å². The fraction of sp³-hybridized carbons (Fsp3) is 0.625. The van der Waals surface area contributed by atoms with Gasteiger partial charge in [-0.25, -0.2) is 8.42 Å². The molecule has 2 rings (SSSR count). The predicted octanol–water partition coefficient (Wildman–Crippen LogP) is 2.65. The summed E-state index contributed by atoms with van der Waals surface area (Å²) < 4.78 is 32.7. The van der Waals surface area contributed by atoms with Crippen LogP contribution < -0.4 is 10.5 Å². The number of hydrogen-bond donors (Lipinski definition) is 1. The van der Waals surface area contributed by atoms with Crippen LogP contribution in [0.25, 0.3) is 0 Å². The summed E-state index contributed by atoms with van der Waals surface area (Å²) in [6, 6.07) is 6.56. The zero-order valence-electron chi connectivity index (χ0n) is 13.8. The topological polar surface area (TPSA) is 72.6 Å². The van der Waals surface area contributed by atoms with Crippen molar-refractivity contribution in [1.82, 2.24) is 4.31 Å². The monoisotopic (exact) mass is 362 g/mol. The lowest BCUT2D eigenvalue weighted by molar-refractivity contribution is 0.211. The minimum atomic E-state index is -3.49. The van der Waals surface area contributed by atoms with Crippen LogP contribution in [0.15, 0.2) is 29.2 Å². The summed E-state index contributed by atoms with van der Waals surface area (Å²) in [5, 5.41) is 0. The lowest BCUT2D eigenvalue weighted by Crippen LogP contribution is -2.49. The van der Waals surface area contributed by atoms with Gasteiger partial charge in [-0.05, 0) is 49.4 Å². The Morgan fingerprint density at radius 2 is 1.96 bits per heavy atom. The van der Waals surface area contributed by atoms with Gasteiger partial charge in [-0.3, -0.25) is 0 Å². The van der Waals surface area contributed by atoms with Gasteiger partial charge in [-0.2, -0.15) is 4.31 Å². The summed E-state index contributed by atoms with van der Waals surface area (Å²) in [5.41, 5.74) is 5.78. The molecule has 1 aliphatic heterocycles. The Labute approximate surface area is 145 Å². The van der Waals surface area contributed by atoms with Crippen LogP contribution in [0.5, 0.6) is 5.75 Å². The molecule has 0 saturated carbocycles. The predicted molar refractivity (Wildman–Crippen MR) is 94.6 cm³/mol. The van der Waals surface area contributed by atoms with Crippen LogP contribution in [0.1, 0.15) is 33.1 Å². The molecule has 0 bridgehead atoms. The molecule has 5 nitrogen and oxygen atoms in total. The highest BCUT2D eigenvalue weighted by molar-refractivity contribution is 7.89. The number of rotatable bonds is 6. The number of benzene rings is 1. The lowest BCUT2D eigenvalue weighted by Gasteiger charge is -2.36. The van der Waals surface area contributed by atoms with Gasteiger partial charge in [-0.15, -0.1) is 12.4 Å². The van der Waals surface area contributed by atoms with E-state index < -0.39 is 10.0 Å². The van der Waals surface area contributed by atoms with E-state index in [0.717, 1.165) is 19.3 Å². The molecule has 1 aliphatic rings. The van der Waals surface area contributed by atoms with Crippen molar-refractivity contribution in [3.05, 3.63) is 24.3 Å². The largest absolute Gasteiger partial charge is 0.494 e. The van der Waals surface area contributed by atoms with Crippen molar-refractivity contribution >= 4 is 22.4 Å². The van der Waals surface area contributed by atoms with Crippen molar-refractivity contribution in [3.63, 3.8) is 0 Å². The van der Waals surface area contributed by atoms with Gasteiger partial charge in [0, 0.05) is 19.1 Å². The quantitative estimate of drug-likeness (QED) is 0.844. The average molecular weight is 363 g/mol. The van der Waals surface area contributed by atoms with Crippen molar-refractivity contribution < 1.29 is 13.2 Å². The van der Waals surface area contributed by atoms with Crippen LogP contribution in [0.3, 0.4) is 0 Å². The maximum Gasteiger partial charge on any atom is 0.243 e.